The Hall–Kier alpha value is -0.120. The molecule has 118 valence electrons. The highest BCUT2D eigenvalue weighted by molar-refractivity contribution is 5.02. The van der Waals surface area contributed by atoms with Crippen molar-refractivity contribution in [3.05, 3.63) is 0 Å². The SMILES string of the molecule is CC1CCCC(C(CC2CCCCC2)NN)(N(C)C)C1. The minimum Gasteiger partial charge on any atom is -0.302 e. The summed E-state index contributed by atoms with van der Waals surface area (Å²) in [6.45, 7) is 2.41. The number of hydrogen-bond donors (Lipinski definition) is 2. The van der Waals surface area contributed by atoms with Crippen molar-refractivity contribution in [1.29, 1.82) is 0 Å². The maximum Gasteiger partial charge on any atom is 0.0397 e. The van der Waals surface area contributed by atoms with Gasteiger partial charge in [0.1, 0.15) is 0 Å². The molecule has 0 saturated heterocycles. The molecule has 20 heavy (non-hydrogen) atoms. The third kappa shape index (κ3) is 3.55. The highest BCUT2D eigenvalue weighted by Crippen LogP contribution is 2.41. The van der Waals surface area contributed by atoms with Crippen molar-refractivity contribution < 1.29 is 0 Å². The minimum atomic E-state index is 0.268. The van der Waals surface area contributed by atoms with Crippen molar-refractivity contribution in [2.45, 2.75) is 82.7 Å². The summed E-state index contributed by atoms with van der Waals surface area (Å²) in [6, 6.07) is 0.448. The lowest BCUT2D eigenvalue weighted by Crippen LogP contribution is -2.62. The summed E-state index contributed by atoms with van der Waals surface area (Å²) in [7, 11) is 4.51. The number of likely N-dealkylation sites (N-methyl/N-ethyl adjacent to an activating group) is 1. The quantitative estimate of drug-likeness (QED) is 0.600. The number of rotatable bonds is 5. The molecular weight excluding hydrogens is 246 g/mol. The zero-order chi connectivity index (χ0) is 14.6. The van der Waals surface area contributed by atoms with Crippen LogP contribution in [-0.4, -0.2) is 30.6 Å². The highest BCUT2D eigenvalue weighted by Gasteiger charge is 2.43. The van der Waals surface area contributed by atoms with E-state index in [4.69, 9.17) is 5.84 Å². The first kappa shape index (κ1) is 16.3. The van der Waals surface area contributed by atoms with E-state index < -0.39 is 0 Å². The van der Waals surface area contributed by atoms with Crippen molar-refractivity contribution in [2.75, 3.05) is 14.1 Å². The van der Waals surface area contributed by atoms with Gasteiger partial charge in [-0.2, -0.15) is 0 Å². The van der Waals surface area contributed by atoms with Gasteiger partial charge >= 0.3 is 0 Å². The second kappa shape index (κ2) is 7.24. The van der Waals surface area contributed by atoms with Crippen LogP contribution in [0.1, 0.15) is 71.1 Å². The largest absolute Gasteiger partial charge is 0.302 e. The van der Waals surface area contributed by atoms with Gasteiger partial charge in [0.25, 0.3) is 0 Å². The summed E-state index contributed by atoms with van der Waals surface area (Å²) in [5, 5.41) is 0. The first-order chi connectivity index (χ1) is 9.58. The molecular formula is C17H35N3. The molecule has 0 amide bonds. The van der Waals surface area contributed by atoms with Gasteiger partial charge in [0.05, 0.1) is 0 Å². The Morgan fingerprint density at radius 1 is 1.15 bits per heavy atom. The molecule has 0 aromatic rings. The van der Waals surface area contributed by atoms with Crippen LogP contribution in [0.15, 0.2) is 0 Å². The molecule has 3 nitrogen and oxygen atoms in total. The second-order valence-electron chi connectivity index (χ2n) is 7.66. The van der Waals surface area contributed by atoms with Crippen LogP contribution in [0.25, 0.3) is 0 Å². The van der Waals surface area contributed by atoms with Crippen molar-refractivity contribution in [3.8, 4) is 0 Å². The Bertz CT molecular complexity index is 286. The van der Waals surface area contributed by atoms with Gasteiger partial charge in [0, 0.05) is 11.6 Å². The Morgan fingerprint density at radius 3 is 2.40 bits per heavy atom. The van der Waals surface area contributed by atoms with Gasteiger partial charge < -0.3 is 4.90 Å². The molecule has 3 heteroatoms. The fourth-order valence-corrected chi connectivity index (χ4v) is 4.80. The van der Waals surface area contributed by atoms with Gasteiger partial charge in [0.2, 0.25) is 0 Å². The Balaban J connectivity index is 2.07. The molecule has 3 atom stereocenters. The van der Waals surface area contributed by atoms with E-state index in [1.165, 1.54) is 64.2 Å². The zero-order valence-corrected chi connectivity index (χ0v) is 13.8. The van der Waals surface area contributed by atoms with E-state index in [9.17, 15) is 0 Å². The van der Waals surface area contributed by atoms with Crippen LogP contribution in [0.5, 0.6) is 0 Å². The third-order valence-electron chi connectivity index (χ3n) is 6.04. The van der Waals surface area contributed by atoms with E-state index in [1.807, 2.05) is 0 Å². The van der Waals surface area contributed by atoms with Gasteiger partial charge in [-0.1, -0.05) is 51.9 Å². The molecule has 2 saturated carbocycles. The number of hydrazine groups is 1. The Morgan fingerprint density at radius 2 is 1.85 bits per heavy atom. The number of hydrogen-bond acceptors (Lipinski definition) is 3. The molecule has 0 radical (unpaired) electrons. The van der Waals surface area contributed by atoms with Crippen LogP contribution >= 0.6 is 0 Å². The van der Waals surface area contributed by atoms with E-state index in [0.717, 1.165) is 11.8 Å². The van der Waals surface area contributed by atoms with E-state index in [2.05, 4.69) is 31.3 Å². The first-order valence-electron chi connectivity index (χ1n) is 8.72. The second-order valence-corrected chi connectivity index (χ2v) is 7.66. The van der Waals surface area contributed by atoms with Gasteiger partial charge in [-0.05, 0) is 45.2 Å². The van der Waals surface area contributed by atoms with E-state index in [-0.39, 0.29) is 5.54 Å². The fraction of sp³-hybridized carbons (Fsp3) is 1.00. The Kier molecular flexibility index (Phi) is 5.88. The topological polar surface area (TPSA) is 41.3 Å². The lowest BCUT2D eigenvalue weighted by molar-refractivity contribution is 0.0262. The highest BCUT2D eigenvalue weighted by atomic mass is 15.3. The van der Waals surface area contributed by atoms with Crippen molar-refractivity contribution in [2.24, 2.45) is 17.7 Å². The molecule has 0 heterocycles. The molecule has 3 unspecified atom stereocenters. The van der Waals surface area contributed by atoms with Crippen LogP contribution in [0.3, 0.4) is 0 Å². The standard InChI is InChI=1S/C17H35N3/c1-14-8-7-11-17(13-14,20(2)3)16(19-18)12-15-9-5-4-6-10-15/h14-16,19H,4-13,18H2,1-3H3. The predicted octanol–water partition coefficient (Wildman–Crippen LogP) is 3.30. The molecule has 2 aliphatic rings. The average molecular weight is 281 g/mol. The summed E-state index contributed by atoms with van der Waals surface area (Å²) in [4.78, 5) is 2.47. The van der Waals surface area contributed by atoms with E-state index >= 15 is 0 Å². The third-order valence-corrected chi connectivity index (χ3v) is 6.04. The van der Waals surface area contributed by atoms with Gasteiger partial charge in [-0.15, -0.1) is 0 Å². The molecule has 0 bridgehead atoms. The first-order valence-corrected chi connectivity index (χ1v) is 8.72. The monoisotopic (exact) mass is 281 g/mol. The summed E-state index contributed by atoms with van der Waals surface area (Å²) < 4.78 is 0. The molecule has 0 spiro atoms. The smallest absolute Gasteiger partial charge is 0.0397 e. The van der Waals surface area contributed by atoms with Crippen LogP contribution in [0.4, 0.5) is 0 Å². The number of nitrogens with zero attached hydrogens (tertiary/aromatic N) is 1. The van der Waals surface area contributed by atoms with Gasteiger partial charge in [-0.25, -0.2) is 0 Å². The predicted molar refractivity (Wildman–Crippen MR) is 86.4 cm³/mol. The lowest BCUT2D eigenvalue weighted by Gasteiger charge is -2.51. The van der Waals surface area contributed by atoms with Gasteiger partial charge in [0.15, 0.2) is 0 Å². The summed E-state index contributed by atoms with van der Waals surface area (Å²) in [5.41, 5.74) is 3.49. The van der Waals surface area contributed by atoms with Crippen LogP contribution in [0, 0.1) is 11.8 Å². The lowest BCUT2D eigenvalue weighted by atomic mass is 9.68. The Labute approximate surface area is 125 Å². The number of nitrogens with two attached hydrogens (primary N) is 1. The maximum atomic E-state index is 6.01. The normalized spacial score (nSPS) is 34.4. The molecule has 2 aliphatic carbocycles. The molecule has 2 fully saturated rings. The van der Waals surface area contributed by atoms with Crippen LogP contribution in [-0.2, 0) is 0 Å². The van der Waals surface area contributed by atoms with Crippen LogP contribution in [0.2, 0.25) is 0 Å². The molecule has 2 rings (SSSR count). The average Bonchev–Trinajstić information content (AvgIpc) is 2.45. The summed E-state index contributed by atoms with van der Waals surface area (Å²) in [6.07, 6.45) is 13.7. The molecule has 0 aliphatic heterocycles. The van der Waals surface area contributed by atoms with E-state index in [0.29, 0.717) is 6.04 Å². The maximum absolute atomic E-state index is 6.01. The minimum absolute atomic E-state index is 0.268. The van der Waals surface area contributed by atoms with Crippen molar-refractivity contribution in [3.63, 3.8) is 0 Å². The fourth-order valence-electron chi connectivity index (χ4n) is 4.80. The van der Waals surface area contributed by atoms with Crippen molar-refractivity contribution in [1.82, 2.24) is 10.3 Å². The summed E-state index contributed by atoms with van der Waals surface area (Å²) >= 11 is 0. The molecule has 0 aromatic carbocycles. The molecule has 3 N–H and O–H groups in total. The van der Waals surface area contributed by atoms with E-state index in [1.54, 1.807) is 0 Å². The van der Waals surface area contributed by atoms with Gasteiger partial charge in [-0.3, -0.25) is 11.3 Å². The zero-order valence-electron chi connectivity index (χ0n) is 13.8. The molecule has 0 aromatic heterocycles. The van der Waals surface area contributed by atoms with Crippen molar-refractivity contribution >= 4 is 0 Å². The number of nitrogens with one attached hydrogen (secondary N) is 1. The van der Waals surface area contributed by atoms with Crippen LogP contribution < -0.4 is 11.3 Å². The summed E-state index contributed by atoms with van der Waals surface area (Å²) in [5.74, 6) is 7.73.